The number of carbonyl (C=O) groups excluding carboxylic acids is 4. The van der Waals surface area contributed by atoms with E-state index in [1.54, 1.807) is 19.9 Å². The Bertz CT molecular complexity index is 807. The lowest BCUT2D eigenvalue weighted by Gasteiger charge is -2.22. The number of nitrogens with two attached hydrogens (primary N) is 1. The van der Waals surface area contributed by atoms with Crippen molar-refractivity contribution >= 4 is 23.9 Å². The van der Waals surface area contributed by atoms with E-state index >= 15 is 0 Å². The van der Waals surface area contributed by atoms with Crippen molar-refractivity contribution in [2.45, 2.75) is 85.0 Å². The molecule has 1 aromatic rings. The number of rotatable bonds is 12. The highest BCUT2D eigenvalue weighted by Crippen LogP contribution is 2.30. The lowest BCUT2D eigenvalue weighted by atomic mass is 10.1. The molecule has 0 aromatic heterocycles. The Hall–Kier alpha value is -2.94. The maximum atomic E-state index is 12.3. The van der Waals surface area contributed by atoms with Gasteiger partial charge in [0.2, 0.25) is 0 Å². The SMILES string of the molecule is CCCC(=O)Oc1ccc(C[C@H](N)C(=O)O[C@@H](C)C(C)OC(C)=O)cc1OC(=O)CCC. The zero-order valence-corrected chi connectivity index (χ0v) is 19.3. The summed E-state index contributed by atoms with van der Waals surface area (Å²) in [7, 11) is 0. The monoisotopic (exact) mass is 451 g/mol. The third kappa shape index (κ3) is 9.47. The van der Waals surface area contributed by atoms with Crippen LogP contribution in [0.4, 0.5) is 0 Å². The van der Waals surface area contributed by atoms with Gasteiger partial charge >= 0.3 is 23.9 Å². The van der Waals surface area contributed by atoms with Crippen LogP contribution in [0.25, 0.3) is 0 Å². The quantitative estimate of drug-likeness (QED) is 0.376. The van der Waals surface area contributed by atoms with E-state index < -0.39 is 42.1 Å². The normalized spacial score (nSPS) is 13.4. The summed E-state index contributed by atoms with van der Waals surface area (Å²) in [6.45, 7) is 8.17. The Morgan fingerprint density at radius 3 is 1.94 bits per heavy atom. The first-order valence-electron chi connectivity index (χ1n) is 10.7. The van der Waals surface area contributed by atoms with Gasteiger partial charge in [0.05, 0.1) is 0 Å². The van der Waals surface area contributed by atoms with Crippen molar-refractivity contribution < 1.29 is 38.1 Å². The Morgan fingerprint density at radius 1 is 0.875 bits per heavy atom. The summed E-state index contributed by atoms with van der Waals surface area (Å²) in [6, 6.07) is 3.64. The number of carbonyl (C=O) groups is 4. The highest BCUT2D eigenvalue weighted by Gasteiger charge is 2.24. The van der Waals surface area contributed by atoms with Gasteiger partial charge in [-0.1, -0.05) is 19.9 Å². The molecule has 1 rings (SSSR count). The number of ether oxygens (including phenoxy) is 4. The minimum Gasteiger partial charge on any atom is -0.459 e. The van der Waals surface area contributed by atoms with Crippen molar-refractivity contribution in [2.24, 2.45) is 5.73 Å². The van der Waals surface area contributed by atoms with Crippen molar-refractivity contribution in [2.75, 3.05) is 0 Å². The van der Waals surface area contributed by atoms with E-state index in [1.807, 2.05) is 13.8 Å². The molecule has 9 heteroatoms. The summed E-state index contributed by atoms with van der Waals surface area (Å²) in [6.07, 6.45) is 0.447. The van der Waals surface area contributed by atoms with Gasteiger partial charge in [-0.3, -0.25) is 19.2 Å². The fourth-order valence-corrected chi connectivity index (χ4v) is 2.66. The van der Waals surface area contributed by atoms with Crippen LogP contribution in [0.2, 0.25) is 0 Å². The molecule has 0 saturated carbocycles. The molecule has 0 fully saturated rings. The molecule has 3 atom stereocenters. The van der Waals surface area contributed by atoms with Gasteiger partial charge in [-0.25, -0.2) is 0 Å². The molecule has 1 aromatic carbocycles. The first-order valence-corrected chi connectivity index (χ1v) is 10.7. The third-order valence-electron chi connectivity index (χ3n) is 4.44. The van der Waals surface area contributed by atoms with Crippen molar-refractivity contribution in [1.29, 1.82) is 0 Å². The van der Waals surface area contributed by atoms with Gasteiger partial charge < -0.3 is 24.7 Å². The number of esters is 4. The second kappa shape index (κ2) is 13.5. The Kier molecular flexibility index (Phi) is 11.4. The zero-order valence-electron chi connectivity index (χ0n) is 19.3. The summed E-state index contributed by atoms with van der Waals surface area (Å²) in [4.78, 5) is 47.2. The lowest BCUT2D eigenvalue weighted by molar-refractivity contribution is -0.164. The van der Waals surface area contributed by atoms with E-state index in [9.17, 15) is 19.2 Å². The van der Waals surface area contributed by atoms with Crippen LogP contribution in [-0.2, 0) is 35.1 Å². The van der Waals surface area contributed by atoms with E-state index in [1.165, 1.54) is 19.1 Å². The molecule has 0 radical (unpaired) electrons. The minimum absolute atomic E-state index is 0.0859. The molecule has 0 bridgehead atoms. The average Bonchev–Trinajstić information content (AvgIpc) is 2.69. The molecule has 1 unspecified atom stereocenters. The number of hydrogen-bond donors (Lipinski definition) is 1. The maximum Gasteiger partial charge on any atom is 0.323 e. The molecular weight excluding hydrogens is 418 g/mol. The summed E-state index contributed by atoms with van der Waals surface area (Å²) in [5, 5.41) is 0. The van der Waals surface area contributed by atoms with E-state index in [2.05, 4.69) is 0 Å². The van der Waals surface area contributed by atoms with Crippen LogP contribution < -0.4 is 15.2 Å². The standard InChI is InChI=1S/C23H33NO8/c1-6-8-21(26)31-19-11-10-17(13-20(19)32-22(27)9-7-2)12-18(24)23(28)30-15(4)14(3)29-16(5)25/h10-11,13-15,18H,6-9,12,24H2,1-5H3/t14?,15-,18-/m0/s1. The first-order chi connectivity index (χ1) is 15.1. The van der Waals surface area contributed by atoms with Crippen LogP contribution in [0.1, 0.15) is 65.9 Å². The summed E-state index contributed by atoms with van der Waals surface area (Å²) < 4.78 is 20.9. The molecule has 0 heterocycles. The fourth-order valence-electron chi connectivity index (χ4n) is 2.66. The summed E-state index contributed by atoms with van der Waals surface area (Å²) >= 11 is 0. The number of hydrogen-bond acceptors (Lipinski definition) is 9. The van der Waals surface area contributed by atoms with Crippen LogP contribution in [-0.4, -0.2) is 42.1 Å². The summed E-state index contributed by atoms with van der Waals surface area (Å²) in [5.74, 6) is -1.84. The molecule has 9 nitrogen and oxygen atoms in total. The summed E-state index contributed by atoms with van der Waals surface area (Å²) in [5.41, 5.74) is 6.57. The second-order valence-electron chi connectivity index (χ2n) is 7.50. The highest BCUT2D eigenvalue weighted by molar-refractivity contribution is 5.77. The Labute approximate surface area is 188 Å². The van der Waals surface area contributed by atoms with Gasteiger partial charge in [-0.15, -0.1) is 0 Å². The van der Waals surface area contributed by atoms with Crippen molar-refractivity contribution in [3.05, 3.63) is 23.8 Å². The van der Waals surface area contributed by atoms with Crippen LogP contribution in [0.15, 0.2) is 18.2 Å². The molecule has 32 heavy (non-hydrogen) atoms. The maximum absolute atomic E-state index is 12.3. The Morgan fingerprint density at radius 2 is 1.41 bits per heavy atom. The van der Waals surface area contributed by atoms with E-state index in [0.29, 0.717) is 18.4 Å². The van der Waals surface area contributed by atoms with Gasteiger partial charge in [0.15, 0.2) is 11.5 Å². The van der Waals surface area contributed by atoms with Crippen LogP contribution in [0.5, 0.6) is 11.5 Å². The van der Waals surface area contributed by atoms with Gasteiger partial charge in [0, 0.05) is 19.8 Å². The molecule has 0 saturated heterocycles. The van der Waals surface area contributed by atoms with E-state index in [-0.39, 0.29) is 30.8 Å². The molecule has 0 aliphatic heterocycles. The molecule has 0 amide bonds. The molecule has 178 valence electrons. The molecule has 0 aliphatic carbocycles. The first kappa shape index (κ1) is 27.1. The van der Waals surface area contributed by atoms with E-state index in [0.717, 1.165) is 0 Å². The Balaban J connectivity index is 2.91. The average molecular weight is 452 g/mol. The molecule has 0 spiro atoms. The van der Waals surface area contributed by atoms with Crippen LogP contribution in [0.3, 0.4) is 0 Å². The predicted molar refractivity (Wildman–Crippen MR) is 116 cm³/mol. The molecule has 0 aliphatic rings. The van der Waals surface area contributed by atoms with Crippen molar-refractivity contribution in [3.63, 3.8) is 0 Å². The fraction of sp³-hybridized carbons (Fsp3) is 0.565. The van der Waals surface area contributed by atoms with Crippen molar-refractivity contribution in [3.8, 4) is 11.5 Å². The van der Waals surface area contributed by atoms with Gasteiger partial charge in [0.1, 0.15) is 18.2 Å². The third-order valence-corrected chi connectivity index (χ3v) is 4.44. The zero-order chi connectivity index (χ0) is 24.3. The van der Waals surface area contributed by atoms with Crippen LogP contribution in [0, 0.1) is 0 Å². The lowest BCUT2D eigenvalue weighted by Crippen LogP contribution is -2.39. The van der Waals surface area contributed by atoms with E-state index in [4.69, 9.17) is 24.7 Å². The highest BCUT2D eigenvalue weighted by atomic mass is 16.6. The minimum atomic E-state index is -1.00. The predicted octanol–water partition coefficient (Wildman–Crippen LogP) is 2.85. The largest absolute Gasteiger partial charge is 0.459 e. The van der Waals surface area contributed by atoms with Gasteiger partial charge in [-0.05, 0) is 50.8 Å². The molecular formula is C23H33NO8. The van der Waals surface area contributed by atoms with Crippen LogP contribution >= 0.6 is 0 Å². The second-order valence-corrected chi connectivity index (χ2v) is 7.50. The topological polar surface area (TPSA) is 131 Å². The van der Waals surface area contributed by atoms with Gasteiger partial charge in [0.25, 0.3) is 0 Å². The number of benzene rings is 1. The van der Waals surface area contributed by atoms with Gasteiger partial charge in [-0.2, -0.15) is 0 Å². The smallest absolute Gasteiger partial charge is 0.323 e. The molecule has 2 N–H and O–H groups in total. The van der Waals surface area contributed by atoms with Crippen molar-refractivity contribution in [1.82, 2.24) is 0 Å².